The molecular weight excluding hydrogens is 593 g/mol. The third-order valence-corrected chi connectivity index (χ3v) is 15.3. The molecule has 4 rings (SSSR count). The van der Waals surface area contributed by atoms with E-state index in [9.17, 15) is 4.79 Å². The molecule has 1 amide bonds. The highest BCUT2D eigenvalue weighted by molar-refractivity contribution is 7.99. The minimum atomic E-state index is -2.44. The SMILES string of the molecule is CC(C)[Si](O/C(=C\c1ccccc1)N(CCc1c(Sc2ccccc2)[nH]c2ccccc12)C(=O)OC(C)(C)C)(C(C)C)C(C)C. The number of ether oxygens (including phenoxy) is 1. The van der Waals surface area contributed by atoms with E-state index >= 15 is 0 Å². The number of fused-ring (bicyclic) bond motifs is 1. The molecule has 7 heteroatoms. The van der Waals surface area contributed by atoms with Gasteiger partial charge < -0.3 is 14.1 Å². The van der Waals surface area contributed by atoms with Crippen LogP contribution < -0.4 is 0 Å². The van der Waals surface area contributed by atoms with Gasteiger partial charge in [0.1, 0.15) is 5.60 Å². The fraction of sp³-hybridized carbons (Fsp3) is 0.395. The zero-order chi connectivity index (χ0) is 32.8. The lowest BCUT2D eigenvalue weighted by molar-refractivity contribution is 0.0239. The molecule has 0 bridgehead atoms. The van der Waals surface area contributed by atoms with Crippen LogP contribution in [0.2, 0.25) is 16.6 Å². The third kappa shape index (κ3) is 8.44. The van der Waals surface area contributed by atoms with Crippen LogP contribution in [0.3, 0.4) is 0 Å². The summed E-state index contributed by atoms with van der Waals surface area (Å²) in [6, 6.07) is 28.9. The molecule has 0 saturated heterocycles. The van der Waals surface area contributed by atoms with Gasteiger partial charge in [0.15, 0.2) is 5.88 Å². The van der Waals surface area contributed by atoms with E-state index < -0.39 is 20.0 Å². The molecule has 0 atom stereocenters. The summed E-state index contributed by atoms with van der Waals surface area (Å²) in [5.74, 6) is 0.565. The van der Waals surface area contributed by atoms with Crippen molar-refractivity contribution in [3.05, 3.63) is 102 Å². The minimum absolute atomic E-state index is 0.333. The predicted octanol–water partition coefficient (Wildman–Crippen LogP) is 11.3. The van der Waals surface area contributed by atoms with E-state index in [0.717, 1.165) is 26.4 Å². The number of hydrogen-bond donors (Lipinski definition) is 1. The molecule has 45 heavy (non-hydrogen) atoms. The predicted molar refractivity (Wildman–Crippen MR) is 192 cm³/mol. The molecule has 1 N–H and O–H groups in total. The number of nitrogens with one attached hydrogen (secondary N) is 1. The second kappa shape index (κ2) is 14.8. The Hall–Kier alpha value is -3.42. The van der Waals surface area contributed by atoms with Crippen molar-refractivity contribution in [2.24, 2.45) is 0 Å². The number of amides is 1. The number of rotatable bonds is 12. The summed E-state index contributed by atoms with van der Waals surface area (Å²) in [6.45, 7) is 19.7. The number of H-pyrrole nitrogens is 1. The molecule has 0 radical (unpaired) electrons. The molecule has 0 aliphatic rings. The van der Waals surface area contributed by atoms with Crippen LogP contribution in [0, 0.1) is 0 Å². The van der Waals surface area contributed by atoms with Gasteiger partial charge in [-0.15, -0.1) is 0 Å². The summed E-state index contributed by atoms with van der Waals surface area (Å²) in [6.07, 6.45) is 2.24. The van der Waals surface area contributed by atoms with Gasteiger partial charge in [-0.05, 0) is 73.1 Å². The average Bonchev–Trinajstić information content (AvgIpc) is 3.32. The summed E-state index contributed by atoms with van der Waals surface area (Å²) >= 11 is 1.71. The molecule has 5 nitrogen and oxygen atoms in total. The van der Waals surface area contributed by atoms with Crippen LogP contribution in [0.5, 0.6) is 0 Å². The second-order valence-corrected chi connectivity index (χ2v) is 20.0. The van der Waals surface area contributed by atoms with Crippen molar-refractivity contribution in [3.8, 4) is 0 Å². The summed E-state index contributed by atoms with van der Waals surface area (Å²) in [5, 5.41) is 2.24. The van der Waals surface area contributed by atoms with Gasteiger partial charge in [-0.2, -0.15) is 0 Å². The van der Waals surface area contributed by atoms with Crippen LogP contribution in [0.1, 0.15) is 73.4 Å². The smallest absolute Gasteiger partial charge is 0.417 e. The summed E-state index contributed by atoms with van der Waals surface area (Å²) in [5.41, 5.74) is 3.57. The van der Waals surface area contributed by atoms with Crippen molar-refractivity contribution in [3.63, 3.8) is 0 Å². The van der Waals surface area contributed by atoms with Gasteiger partial charge in [0, 0.05) is 28.4 Å². The Kier molecular flexibility index (Phi) is 11.3. The third-order valence-electron chi connectivity index (χ3n) is 8.28. The molecule has 0 aliphatic carbocycles. The number of carbonyl (C=O) groups excluding carboxylic acids is 1. The van der Waals surface area contributed by atoms with Crippen LogP contribution >= 0.6 is 11.8 Å². The van der Waals surface area contributed by atoms with Gasteiger partial charge in [0.2, 0.25) is 0 Å². The molecule has 4 aromatic rings. The number of aromatic amines is 1. The van der Waals surface area contributed by atoms with Gasteiger partial charge >= 0.3 is 6.09 Å². The standard InChI is InChI=1S/C38H50N2O3SSi/c1-27(2)45(28(3)4,29(5)6)43-35(26-30-18-12-10-13-19-30)40(37(41)42-38(7,8)9)25-24-33-32-22-16-17-23-34(32)39-36(33)44-31-20-14-11-15-21-31/h10-23,26-29,39H,24-25H2,1-9H3/b35-26-. The number of carbonyl (C=O) groups is 1. The largest absolute Gasteiger partial charge is 0.531 e. The average molecular weight is 643 g/mol. The van der Waals surface area contributed by atoms with Crippen molar-refractivity contribution < 1.29 is 14.0 Å². The van der Waals surface area contributed by atoms with Gasteiger partial charge in [0.05, 0.1) is 5.03 Å². The maximum Gasteiger partial charge on any atom is 0.417 e. The van der Waals surface area contributed by atoms with Crippen LogP contribution in [0.4, 0.5) is 4.79 Å². The molecule has 1 heterocycles. The molecule has 1 aromatic heterocycles. The van der Waals surface area contributed by atoms with Crippen molar-refractivity contribution in [2.75, 3.05) is 6.54 Å². The number of aromatic nitrogens is 1. The summed E-state index contributed by atoms with van der Waals surface area (Å²) in [7, 11) is -2.44. The molecule has 0 saturated carbocycles. The van der Waals surface area contributed by atoms with Crippen LogP contribution in [-0.2, 0) is 15.6 Å². The summed E-state index contributed by atoms with van der Waals surface area (Å²) < 4.78 is 13.4. The lowest BCUT2D eigenvalue weighted by atomic mass is 10.1. The topological polar surface area (TPSA) is 54.6 Å². The highest BCUT2D eigenvalue weighted by Gasteiger charge is 2.48. The van der Waals surface area contributed by atoms with Crippen molar-refractivity contribution in [2.45, 2.75) is 101 Å². The lowest BCUT2D eigenvalue weighted by Crippen LogP contribution is -2.50. The molecule has 0 unspecified atom stereocenters. The van der Waals surface area contributed by atoms with Gasteiger partial charge in [-0.3, -0.25) is 0 Å². The van der Waals surface area contributed by atoms with E-state index in [-0.39, 0.29) is 0 Å². The lowest BCUT2D eigenvalue weighted by Gasteiger charge is -2.44. The Morgan fingerprint density at radius 1 is 0.844 bits per heavy atom. The molecule has 3 aromatic carbocycles. The van der Waals surface area contributed by atoms with Gasteiger partial charge in [-0.25, -0.2) is 9.69 Å². The first kappa shape index (κ1) is 34.5. The zero-order valence-electron chi connectivity index (χ0n) is 28.4. The van der Waals surface area contributed by atoms with E-state index in [1.807, 2.05) is 63.2 Å². The quantitative estimate of drug-likeness (QED) is 0.123. The first-order valence-corrected chi connectivity index (χ1v) is 19.1. The number of hydrogen-bond acceptors (Lipinski definition) is 4. The Morgan fingerprint density at radius 2 is 1.40 bits per heavy atom. The summed E-state index contributed by atoms with van der Waals surface area (Å²) in [4.78, 5) is 20.7. The molecule has 0 aliphatic heterocycles. The second-order valence-electron chi connectivity index (χ2n) is 13.6. The van der Waals surface area contributed by atoms with Gasteiger partial charge in [0.25, 0.3) is 8.32 Å². The van der Waals surface area contributed by atoms with Crippen molar-refractivity contribution in [1.29, 1.82) is 0 Å². The van der Waals surface area contributed by atoms with Crippen molar-refractivity contribution >= 4 is 43.2 Å². The minimum Gasteiger partial charge on any atom is -0.531 e. The number of nitrogens with zero attached hydrogens (tertiary/aromatic N) is 1. The maximum atomic E-state index is 14.2. The Bertz CT molecular complexity index is 1550. The Balaban J connectivity index is 1.82. The van der Waals surface area contributed by atoms with E-state index in [1.54, 1.807) is 16.7 Å². The molecular formula is C38H50N2O3SSi. The van der Waals surface area contributed by atoms with Gasteiger partial charge in [-0.1, -0.05) is 120 Å². The zero-order valence-corrected chi connectivity index (χ0v) is 30.2. The first-order valence-electron chi connectivity index (χ1n) is 16.1. The number of benzene rings is 3. The van der Waals surface area contributed by atoms with Crippen LogP contribution in [0.25, 0.3) is 17.0 Å². The fourth-order valence-corrected chi connectivity index (χ4v) is 12.6. The highest BCUT2D eigenvalue weighted by atomic mass is 32.2. The molecule has 0 spiro atoms. The van der Waals surface area contributed by atoms with E-state index in [1.165, 1.54) is 5.56 Å². The monoisotopic (exact) mass is 642 g/mol. The molecule has 240 valence electrons. The fourth-order valence-electron chi connectivity index (χ4n) is 6.34. The van der Waals surface area contributed by atoms with Crippen LogP contribution in [0.15, 0.2) is 101 Å². The van der Waals surface area contributed by atoms with E-state index in [0.29, 0.717) is 35.5 Å². The highest BCUT2D eigenvalue weighted by Crippen LogP contribution is 2.44. The maximum absolute atomic E-state index is 14.2. The van der Waals surface area contributed by atoms with E-state index in [2.05, 4.69) is 95.1 Å². The van der Waals surface area contributed by atoms with E-state index in [4.69, 9.17) is 9.16 Å². The first-order chi connectivity index (χ1) is 21.3. The Morgan fingerprint density at radius 3 is 1.98 bits per heavy atom. The molecule has 0 fully saturated rings. The van der Waals surface area contributed by atoms with Crippen LogP contribution in [-0.4, -0.2) is 36.4 Å². The Labute approximate surface area is 275 Å². The number of para-hydroxylation sites is 1. The normalized spacial score (nSPS) is 12.8. The van der Waals surface area contributed by atoms with Crippen molar-refractivity contribution in [1.82, 2.24) is 9.88 Å².